The van der Waals surface area contributed by atoms with Gasteiger partial charge in [-0.3, -0.25) is 9.69 Å². The number of halogens is 1. The normalized spacial score (nSPS) is 15.6. The number of ether oxygens (including phenoxy) is 1. The number of benzene rings is 4. The van der Waals surface area contributed by atoms with Crippen LogP contribution >= 0.6 is 23.4 Å². The van der Waals surface area contributed by atoms with Crippen LogP contribution in [-0.4, -0.2) is 26.1 Å². The Hall–Kier alpha value is -4.05. The Bertz CT molecular complexity index is 1690. The van der Waals surface area contributed by atoms with Gasteiger partial charge in [0.2, 0.25) is 5.75 Å². The Morgan fingerprint density at radius 2 is 1.55 bits per heavy atom. The quantitative estimate of drug-likeness (QED) is 0.158. The third kappa shape index (κ3) is 6.07. The van der Waals surface area contributed by atoms with Gasteiger partial charge >= 0.3 is 10.1 Å². The van der Waals surface area contributed by atoms with Crippen molar-refractivity contribution in [3.8, 4) is 11.5 Å². The maximum atomic E-state index is 13.6. The molecule has 0 aromatic heterocycles. The third-order valence-corrected chi connectivity index (χ3v) is 8.14. The summed E-state index contributed by atoms with van der Waals surface area (Å²) in [5.74, 6) is -0.251. The zero-order valence-corrected chi connectivity index (χ0v) is 23.6. The summed E-state index contributed by atoms with van der Waals surface area (Å²) in [7, 11) is -4.16. The number of nitrogens with zero attached hydrogens (tertiary/aromatic N) is 2. The van der Waals surface area contributed by atoms with Gasteiger partial charge in [0, 0.05) is 0 Å². The average molecular weight is 591 g/mol. The number of hydrogen-bond acceptors (Lipinski definition) is 7. The van der Waals surface area contributed by atoms with Crippen LogP contribution in [0.2, 0.25) is 5.02 Å². The number of amides is 1. The van der Waals surface area contributed by atoms with E-state index in [0.717, 1.165) is 0 Å². The van der Waals surface area contributed by atoms with E-state index in [1.165, 1.54) is 30.0 Å². The smallest absolute Gasteiger partial charge is 0.339 e. The first-order valence-corrected chi connectivity index (χ1v) is 14.8. The van der Waals surface area contributed by atoms with Gasteiger partial charge in [0.05, 0.1) is 27.9 Å². The molecule has 0 radical (unpaired) electrons. The van der Waals surface area contributed by atoms with Crippen molar-refractivity contribution in [1.82, 2.24) is 0 Å². The van der Waals surface area contributed by atoms with Crippen molar-refractivity contribution < 1.29 is 22.1 Å². The summed E-state index contributed by atoms with van der Waals surface area (Å²) in [6, 6.07) is 29.5. The standard InChI is InChI=1S/C30H23ClN2O5S2/c1-2-37-26-19-21(18-25(31)28(26)38-40(35,36)24-16-10-5-11-17-24)20-27-29(34)33(23-14-8-4-9-15-23)30(39-27)32-22-12-6-3-7-13-22/h3-20H,2H2,1H3/b27-20+,32-30?. The monoisotopic (exact) mass is 590 g/mol. The Morgan fingerprint density at radius 3 is 2.20 bits per heavy atom. The maximum Gasteiger partial charge on any atom is 0.339 e. The highest BCUT2D eigenvalue weighted by molar-refractivity contribution is 8.19. The van der Waals surface area contributed by atoms with Crippen molar-refractivity contribution in [2.75, 3.05) is 11.5 Å². The molecule has 0 N–H and O–H groups in total. The van der Waals surface area contributed by atoms with Gasteiger partial charge in [0.15, 0.2) is 10.9 Å². The third-order valence-electron chi connectivity index (χ3n) is 5.66. The second kappa shape index (κ2) is 12.0. The van der Waals surface area contributed by atoms with E-state index in [0.29, 0.717) is 27.0 Å². The predicted octanol–water partition coefficient (Wildman–Crippen LogP) is 7.32. The molecule has 5 rings (SSSR count). The van der Waals surface area contributed by atoms with Crippen molar-refractivity contribution in [3.05, 3.63) is 119 Å². The van der Waals surface area contributed by atoms with Crippen molar-refractivity contribution in [2.24, 2.45) is 4.99 Å². The molecule has 0 aliphatic carbocycles. The fourth-order valence-electron chi connectivity index (χ4n) is 3.88. The van der Waals surface area contributed by atoms with Crippen molar-refractivity contribution >= 4 is 62.0 Å². The first-order valence-electron chi connectivity index (χ1n) is 12.2. The minimum absolute atomic E-state index is 0.0149. The van der Waals surface area contributed by atoms with Gasteiger partial charge in [-0.15, -0.1) is 0 Å². The van der Waals surface area contributed by atoms with E-state index < -0.39 is 10.1 Å². The summed E-state index contributed by atoms with van der Waals surface area (Å²) in [6.07, 6.45) is 1.67. The Morgan fingerprint density at radius 1 is 0.925 bits per heavy atom. The molecule has 202 valence electrons. The van der Waals surface area contributed by atoms with Gasteiger partial charge in [-0.2, -0.15) is 8.42 Å². The lowest BCUT2D eigenvalue weighted by Crippen LogP contribution is -2.28. The number of thioether (sulfide) groups is 1. The van der Waals surface area contributed by atoms with Crippen LogP contribution in [0.1, 0.15) is 12.5 Å². The first kappa shape index (κ1) is 27.5. The number of hydrogen-bond donors (Lipinski definition) is 0. The molecule has 4 aromatic rings. The summed E-state index contributed by atoms with van der Waals surface area (Å²) >= 11 is 7.75. The lowest BCUT2D eigenvalue weighted by atomic mass is 10.1. The molecule has 1 aliphatic rings. The summed E-state index contributed by atoms with van der Waals surface area (Å²) in [5, 5.41) is 0.518. The molecule has 7 nitrogen and oxygen atoms in total. The van der Waals surface area contributed by atoms with Crippen LogP contribution in [0.5, 0.6) is 11.5 Å². The molecular weight excluding hydrogens is 568 g/mol. The van der Waals surface area contributed by atoms with Crippen molar-refractivity contribution in [3.63, 3.8) is 0 Å². The van der Waals surface area contributed by atoms with Crippen molar-refractivity contribution in [2.45, 2.75) is 11.8 Å². The molecule has 1 aliphatic heterocycles. The SMILES string of the molecule is CCOc1cc(/C=C2/SC(=Nc3ccccc3)N(c3ccccc3)C2=O)cc(Cl)c1OS(=O)(=O)c1ccccc1. The molecule has 1 fully saturated rings. The fraction of sp³-hybridized carbons (Fsp3) is 0.0667. The summed E-state index contributed by atoms with van der Waals surface area (Å²) in [5.41, 5.74) is 1.92. The summed E-state index contributed by atoms with van der Waals surface area (Å²) < 4.78 is 36.8. The zero-order valence-electron chi connectivity index (χ0n) is 21.2. The Labute approximate surface area is 241 Å². The predicted molar refractivity (Wildman–Crippen MR) is 160 cm³/mol. The first-order chi connectivity index (χ1) is 19.4. The van der Waals surface area contributed by atoms with Crippen LogP contribution in [0.25, 0.3) is 6.08 Å². The van der Waals surface area contributed by atoms with Crippen LogP contribution in [0.3, 0.4) is 0 Å². The van der Waals surface area contributed by atoms with E-state index >= 15 is 0 Å². The van der Waals surface area contributed by atoms with E-state index in [2.05, 4.69) is 0 Å². The summed E-state index contributed by atoms with van der Waals surface area (Å²) in [6.45, 7) is 2.00. The highest BCUT2D eigenvalue weighted by Gasteiger charge is 2.35. The lowest BCUT2D eigenvalue weighted by Gasteiger charge is -2.15. The molecule has 40 heavy (non-hydrogen) atoms. The van der Waals surface area contributed by atoms with E-state index in [4.69, 9.17) is 25.5 Å². The molecular formula is C30H23ClN2O5S2. The number of para-hydroxylation sites is 2. The number of carbonyl (C=O) groups excluding carboxylic acids is 1. The number of anilines is 1. The van der Waals surface area contributed by atoms with Crippen LogP contribution < -0.4 is 13.8 Å². The van der Waals surface area contributed by atoms with Gasteiger partial charge in [-0.05, 0) is 78.9 Å². The van der Waals surface area contributed by atoms with Gasteiger partial charge in [-0.1, -0.05) is 66.2 Å². The molecule has 1 heterocycles. The second-order valence-electron chi connectivity index (χ2n) is 8.43. The number of rotatable bonds is 8. The molecule has 0 saturated carbocycles. The van der Waals surface area contributed by atoms with Gasteiger partial charge < -0.3 is 8.92 Å². The van der Waals surface area contributed by atoms with E-state index in [-0.39, 0.29) is 33.9 Å². The van der Waals surface area contributed by atoms with Crippen LogP contribution in [0.15, 0.2) is 118 Å². The molecule has 0 unspecified atom stereocenters. The Kier molecular flexibility index (Phi) is 8.25. The van der Waals surface area contributed by atoms with Crippen LogP contribution in [0, 0.1) is 0 Å². The van der Waals surface area contributed by atoms with E-state index in [9.17, 15) is 13.2 Å². The number of carbonyl (C=O) groups is 1. The van der Waals surface area contributed by atoms with Gasteiger partial charge in [0.1, 0.15) is 4.90 Å². The van der Waals surface area contributed by atoms with Gasteiger partial charge in [-0.25, -0.2) is 4.99 Å². The van der Waals surface area contributed by atoms with E-state index in [1.54, 1.807) is 42.2 Å². The van der Waals surface area contributed by atoms with Crippen LogP contribution in [0.4, 0.5) is 11.4 Å². The lowest BCUT2D eigenvalue weighted by molar-refractivity contribution is -0.113. The molecule has 1 saturated heterocycles. The van der Waals surface area contributed by atoms with Gasteiger partial charge in [0.25, 0.3) is 5.91 Å². The van der Waals surface area contributed by atoms with Crippen LogP contribution in [-0.2, 0) is 14.9 Å². The highest BCUT2D eigenvalue weighted by Crippen LogP contribution is 2.41. The Balaban J connectivity index is 1.52. The molecule has 0 atom stereocenters. The number of amidine groups is 1. The topological polar surface area (TPSA) is 85.3 Å². The molecule has 1 amide bonds. The molecule has 0 spiro atoms. The van der Waals surface area contributed by atoms with Crippen molar-refractivity contribution in [1.29, 1.82) is 0 Å². The zero-order chi connectivity index (χ0) is 28.1. The minimum Gasteiger partial charge on any atom is -0.490 e. The minimum atomic E-state index is -4.16. The molecule has 10 heteroatoms. The molecule has 4 aromatic carbocycles. The highest BCUT2D eigenvalue weighted by atomic mass is 35.5. The van der Waals surface area contributed by atoms with E-state index in [1.807, 2.05) is 60.7 Å². The maximum absolute atomic E-state index is 13.6. The largest absolute Gasteiger partial charge is 0.490 e. The second-order valence-corrected chi connectivity index (χ2v) is 11.4. The number of aliphatic imine (C=N–C) groups is 1. The summed E-state index contributed by atoms with van der Waals surface area (Å²) in [4.78, 5) is 20.3. The fourth-order valence-corrected chi connectivity index (χ4v) is 6.16. The molecule has 0 bridgehead atoms. The average Bonchev–Trinajstić information content (AvgIpc) is 3.26.